The van der Waals surface area contributed by atoms with E-state index < -0.39 is 17.9 Å². The molecular formula is C34H32O6. The van der Waals surface area contributed by atoms with Crippen molar-refractivity contribution in [3.63, 3.8) is 0 Å². The molecule has 0 saturated carbocycles. The third kappa shape index (κ3) is 5.96. The molecule has 4 rings (SSSR count). The molecule has 3 aromatic carbocycles. The Morgan fingerprint density at radius 3 is 1.93 bits per heavy atom. The minimum atomic E-state index is -0.619. The van der Waals surface area contributed by atoms with Gasteiger partial charge in [-0.25, -0.2) is 14.4 Å². The topological polar surface area (TPSA) is 78.9 Å². The molecule has 6 nitrogen and oxygen atoms in total. The Kier molecular flexibility index (Phi) is 8.19. The van der Waals surface area contributed by atoms with Crippen molar-refractivity contribution in [1.82, 2.24) is 0 Å². The van der Waals surface area contributed by atoms with Crippen LogP contribution in [0.15, 0.2) is 85.5 Å². The number of hydrogen-bond acceptors (Lipinski definition) is 6. The molecule has 3 aromatic rings. The Balaban J connectivity index is 1.68. The lowest BCUT2D eigenvalue weighted by molar-refractivity contribution is -0.143. The second-order valence-corrected chi connectivity index (χ2v) is 10.1. The van der Waals surface area contributed by atoms with Crippen LogP contribution in [0.4, 0.5) is 0 Å². The van der Waals surface area contributed by atoms with Gasteiger partial charge in [0, 0.05) is 17.2 Å². The minimum absolute atomic E-state index is 0.117. The van der Waals surface area contributed by atoms with Gasteiger partial charge in [-0.1, -0.05) is 56.1 Å². The number of hydrogen-bond donors (Lipinski definition) is 0. The maximum atomic E-state index is 12.3. The molecule has 0 N–H and O–H groups in total. The Morgan fingerprint density at radius 1 is 0.800 bits per heavy atom. The highest BCUT2D eigenvalue weighted by Gasteiger charge is 2.26. The molecule has 6 heteroatoms. The predicted octanol–water partition coefficient (Wildman–Crippen LogP) is 7.32. The fourth-order valence-electron chi connectivity index (χ4n) is 4.71. The van der Waals surface area contributed by atoms with Crippen LogP contribution in [0, 0.1) is 13.8 Å². The van der Waals surface area contributed by atoms with Crippen molar-refractivity contribution in [2.24, 2.45) is 0 Å². The standard InChI is InChI=1S/C34H32O6/c1-8-32(35)38-29-13-10-23-17-24(9-12-26(23)29)27-15-22(7)28(16-21(27)6)25-11-14-30(39-33(36)19(2)3)31(18-25)40-34(37)20(4)5/h8-9,11-12,14-18,29H,1-2,4,10,13H2,3,5-7H3. The van der Waals surface area contributed by atoms with Crippen LogP contribution in [0.5, 0.6) is 11.5 Å². The monoisotopic (exact) mass is 536 g/mol. The van der Waals surface area contributed by atoms with Gasteiger partial charge in [0.05, 0.1) is 0 Å². The van der Waals surface area contributed by atoms with Crippen LogP contribution in [-0.4, -0.2) is 17.9 Å². The molecule has 1 aliphatic carbocycles. The van der Waals surface area contributed by atoms with E-state index in [1.165, 1.54) is 11.6 Å². The van der Waals surface area contributed by atoms with Crippen molar-refractivity contribution < 1.29 is 28.6 Å². The average molecular weight is 537 g/mol. The summed E-state index contributed by atoms with van der Waals surface area (Å²) in [6, 6.07) is 15.6. The Morgan fingerprint density at radius 2 is 1.35 bits per heavy atom. The van der Waals surface area contributed by atoms with Crippen LogP contribution in [0.25, 0.3) is 22.3 Å². The molecule has 0 aliphatic heterocycles. The van der Waals surface area contributed by atoms with Crippen LogP contribution < -0.4 is 9.47 Å². The van der Waals surface area contributed by atoms with Crippen molar-refractivity contribution in [2.45, 2.75) is 46.6 Å². The SMILES string of the molecule is C=CC(=O)OC1CCc2cc(-c3cc(C)c(-c4ccc(OC(=O)C(=C)C)c(OC(=O)C(=C)C)c4)cc3C)ccc21. The largest absolute Gasteiger partial charge is 0.454 e. The highest BCUT2D eigenvalue weighted by Crippen LogP contribution is 2.40. The molecule has 0 bridgehead atoms. The van der Waals surface area contributed by atoms with E-state index in [0.29, 0.717) is 0 Å². The summed E-state index contributed by atoms with van der Waals surface area (Å²) in [5.41, 5.74) is 8.66. The molecule has 204 valence electrons. The maximum Gasteiger partial charge on any atom is 0.338 e. The Bertz CT molecular complexity index is 1580. The zero-order valence-electron chi connectivity index (χ0n) is 23.3. The van der Waals surface area contributed by atoms with Gasteiger partial charge in [0.2, 0.25) is 0 Å². The smallest absolute Gasteiger partial charge is 0.338 e. The maximum absolute atomic E-state index is 12.3. The third-order valence-corrected chi connectivity index (χ3v) is 6.83. The van der Waals surface area contributed by atoms with Gasteiger partial charge in [-0.3, -0.25) is 0 Å². The molecule has 1 aliphatic rings. The molecule has 0 saturated heterocycles. The molecule has 1 unspecified atom stereocenters. The molecular weight excluding hydrogens is 504 g/mol. The second kappa shape index (κ2) is 11.6. The highest BCUT2D eigenvalue weighted by atomic mass is 16.6. The quantitative estimate of drug-likeness (QED) is 0.171. The first-order chi connectivity index (χ1) is 19.0. The van der Waals surface area contributed by atoms with Gasteiger partial charge >= 0.3 is 17.9 Å². The van der Waals surface area contributed by atoms with Gasteiger partial charge in [0.25, 0.3) is 0 Å². The van der Waals surface area contributed by atoms with Gasteiger partial charge in [-0.05, 0) is 97.2 Å². The zero-order chi connectivity index (χ0) is 29.1. The summed E-state index contributed by atoms with van der Waals surface area (Å²) in [5.74, 6) is -1.41. The van der Waals surface area contributed by atoms with Crippen molar-refractivity contribution in [2.75, 3.05) is 0 Å². The molecule has 40 heavy (non-hydrogen) atoms. The van der Waals surface area contributed by atoms with Crippen molar-refractivity contribution in [1.29, 1.82) is 0 Å². The van der Waals surface area contributed by atoms with E-state index in [4.69, 9.17) is 14.2 Å². The van der Waals surface area contributed by atoms with Crippen LogP contribution in [0.2, 0.25) is 0 Å². The fraction of sp³-hybridized carbons (Fsp3) is 0.206. The van der Waals surface area contributed by atoms with Crippen LogP contribution in [0.3, 0.4) is 0 Å². The number of aryl methyl sites for hydroxylation is 3. The molecule has 0 heterocycles. The molecule has 0 radical (unpaired) electrons. The lowest BCUT2D eigenvalue weighted by Crippen LogP contribution is -2.12. The third-order valence-electron chi connectivity index (χ3n) is 6.83. The first-order valence-corrected chi connectivity index (χ1v) is 13.0. The van der Waals surface area contributed by atoms with E-state index in [-0.39, 0.29) is 28.7 Å². The molecule has 1 atom stereocenters. The fourth-order valence-corrected chi connectivity index (χ4v) is 4.71. The number of esters is 3. The number of rotatable bonds is 8. The lowest BCUT2D eigenvalue weighted by Gasteiger charge is -2.16. The summed E-state index contributed by atoms with van der Waals surface area (Å²) < 4.78 is 16.4. The van der Waals surface area contributed by atoms with E-state index >= 15 is 0 Å². The van der Waals surface area contributed by atoms with E-state index in [9.17, 15) is 14.4 Å². The number of carbonyl (C=O) groups is 3. The lowest BCUT2D eigenvalue weighted by atomic mass is 9.90. The van der Waals surface area contributed by atoms with Crippen LogP contribution in [0.1, 0.15) is 48.6 Å². The summed E-state index contributed by atoms with van der Waals surface area (Å²) in [7, 11) is 0. The first kappa shape index (κ1) is 28.3. The second-order valence-electron chi connectivity index (χ2n) is 10.1. The average Bonchev–Trinajstić information content (AvgIpc) is 3.32. The number of fused-ring (bicyclic) bond motifs is 1. The van der Waals surface area contributed by atoms with Crippen molar-refractivity contribution >= 4 is 17.9 Å². The van der Waals surface area contributed by atoms with Crippen molar-refractivity contribution in [3.8, 4) is 33.8 Å². The number of benzene rings is 3. The highest BCUT2D eigenvalue weighted by molar-refractivity contribution is 5.91. The normalized spacial score (nSPS) is 13.7. The Hall–Kier alpha value is -4.71. The molecule has 0 aromatic heterocycles. The zero-order valence-corrected chi connectivity index (χ0v) is 23.3. The van der Waals surface area contributed by atoms with E-state index in [1.807, 2.05) is 26.0 Å². The van der Waals surface area contributed by atoms with Gasteiger partial charge in [-0.15, -0.1) is 0 Å². The van der Waals surface area contributed by atoms with Gasteiger partial charge < -0.3 is 14.2 Å². The Labute approximate surface area is 234 Å². The summed E-state index contributed by atoms with van der Waals surface area (Å²) in [5, 5.41) is 0. The molecule has 0 spiro atoms. The van der Waals surface area contributed by atoms with E-state index in [2.05, 4.69) is 44.0 Å². The van der Waals surface area contributed by atoms with Crippen LogP contribution in [-0.2, 0) is 25.5 Å². The first-order valence-electron chi connectivity index (χ1n) is 13.0. The van der Waals surface area contributed by atoms with Gasteiger partial charge in [0.15, 0.2) is 11.5 Å². The molecule has 0 amide bonds. The minimum Gasteiger partial charge on any atom is -0.454 e. The predicted molar refractivity (Wildman–Crippen MR) is 155 cm³/mol. The van der Waals surface area contributed by atoms with Crippen LogP contribution >= 0.6 is 0 Å². The van der Waals surface area contributed by atoms with E-state index in [0.717, 1.165) is 51.8 Å². The van der Waals surface area contributed by atoms with Gasteiger partial charge in [-0.2, -0.15) is 0 Å². The number of ether oxygens (including phenoxy) is 3. The summed E-state index contributed by atoms with van der Waals surface area (Å²) >= 11 is 0. The summed E-state index contributed by atoms with van der Waals surface area (Å²) in [6.07, 6.45) is 2.54. The summed E-state index contributed by atoms with van der Waals surface area (Å²) in [6.45, 7) is 17.9. The van der Waals surface area contributed by atoms with Crippen molar-refractivity contribution in [3.05, 3.63) is 108 Å². The number of carbonyl (C=O) groups excluding carboxylic acids is 3. The van der Waals surface area contributed by atoms with E-state index in [1.54, 1.807) is 26.0 Å². The summed E-state index contributed by atoms with van der Waals surface area (Å²) in [4.78, 5) is 36.2. The molecule has 0 fully saturated rings. The van der Waals surface area contributed by atoms with Gasteiger partial charge in [0.1, 0.15) is 6.10 Å².